The molecule has 190 valence electrons. The quantitative estimate of drug-likeness (QED) is 0.569. The molecule has 2 atom stereocenters. The van der Waals surface area contributed by atoms with E-state index in [-0.39, 0.29) is 18.0 Å². The molecule has 2 aliphatic heterocycles. The normalized spacial score (nSPS) is 22.1. The van der Waals surface area contributed by atoms with Crippen molar-refractivity contribution >= 4 is 39.1 Å². The zero-order valence-electron chi connectivity index (χ0n) is 19.3. The van der Waals surface area contributed by atoms with Gasteiger partial charge >= 0.3 is 0 Å². The number of rotatable bonds is 6. The molecule has 0 aliphatic carbocycles. The summed E-state index contributed by atoms with van der Waals surface area (Å²) in [5, 5.41) is 3.15. The van der Waals surface area contributed by atoms with Crippen molar-refractivity contribution in [2.24, 2.45) is 0 Å². The lowest BCUT2D eigenvalue weighted by Gasteiger charge is -2.44. The van der Waals surface area contributed by atoms with Crippen LogP contribution in [0.2, 0.25) is 10.0 Å². The third-order valence-corrected chi connectivity index (χ3v) is 9.15. The molecule has 0 saturated carbocycles. The average molecular weight is 544 g/mol. The zero-order chi connectivity index (χ0) is 25.2. The number of nitrogens with one attached hydrogen (secondary N) is 2. The molecular formula is C24H28Cl2FN3O4S. The number of hydrogen-bond donors (Lipinski definition) is 2. The highest BCUT2D eigenvalue weighted by atomic mass is 35.5. The molecule has 0 radical (unpaired) electrons. The number of carbonyl (C=O) groups is 1. The molecule has 2 unspecified atom stereocenters. The van der Waals surface area contributed by atoms with Gasteiger partial charge in [-0.3, -0.25) is 9.69 Å². The van der Waals surface area contributed by atoms with E-state index in [9.17, 15) is 17.6 Å². The molecule has 1 amide bonds. The molecule has 2 aromatic carbocycles. The van der Waals surface area contributed by atoms with E-state index in [1.807, 2.05) is 4.90 Å². The maximum Gasteiger partial charge on any atom is 0.264 e. The van der Waals surface area contributed by atoms with Crippen LogP contribution >= 0.6 is 23.2 Å². The standard InChI is InChI=1S/C24H28Cl2FN3O4S/c1-15-21(7-6-20(25)23(15)26)34-19-10-13-30(18-8-11-28-12-9-18)22(14-19)35(32,33)29-24(31)16-2-4-17(27)5-3-16/h2-7,18-19,22,28H,8-14H2,1H3,(H,29,31). The summed E-state index contributed by atoms with van der Waals surface area (Å²) in [7, 11) is -4.10. The van der Waals surface area contributed by atoms with Gasteiger partial charge in [-0.15, -0.1) is 0 Å². The Morgan fingerprint density at radius 3 is 2.49 bits per heavy atom. The first-order valence-electron chi connectivity index (χ1n) is 11.5. The Bertz CT molecular complexity index is 1170. The van der Waals surface area contributed by atoms with Gasteiger partial charge < -0.3 is 10.1 Å². The SMILES string of the molecule is Cc1c(OC2CCN(C3CCNCC3)C(S(=O)(=O)NC(=O)c3ccc(F)cc3)C2)ccc(Cl)c1Cl. The molecule has 0 bridgehead atoms. The van der Waals surface area contributed by atoms with Crippen LogP contribution in [0.15, 0.2) is 36.4 Å². The summed E-state index contributed by atoms with van der Waals surface area (Å²) in [5.41, 5.74) is 0.752. The fourth-order valence-electron chi connectivity index (χ4n) is 4.68. The van der Waals surface area contributed by atoms with Crippen LogP contribution in [0.4, 0.5) is 4.39 Å². The van der Waals surface area contributed by atoms with E-state index in [1.165, 1.54) is 12.1 Å². The molecule has 35 heavy (non-hydrogen) atoms. The molecule has 2 aliphatic rings. The number of hydrogen-bond acceptors (Lipinski definition) is 6. The van der Waals surface area contributed by atoms with E-state index < -0.39 is 33.2 Å². The van der Waals surface area contributed by atoms with Gasteiger partial charge in [0.1, 0.15) is 23.0 Å². The van der Waals surface area contributed by atoms with Crippen molar-refractivity contribution in [2.75, 3.05) is 19.6 Å². The summed E-state index contributed by atoms with van der Waals surface area (Å²) in [5.74, 6) is -0.754. The Kier molecular flexibility index (Phi) is 8.23. The van der Waals surface area contributed by atoms with Crippen molar-refractivity contribution in [3.8, 4) is 5.75 Å². The largest absolute Gasteiger partial charge is 0.490 e. The van der Waals surface area contributed by atoms with Gasteiger partial charge in [0.15, 0.2) is 0 Å². The Labute approximate surface area is 215 Å². The number of nitrogens with zero attached hydrogens (tertiary/aromatic N) is 1. The summed E-state index contributed by atoms with van der Waals surface area (Å²) in [6, 6.07) is 8.19. The molecule has 2 heterocycles. The Morgan fingerprint density at radius 2 is 1.80 bits per heavy atom. The predicted octanol–water partition coefficient (Wildman–Crippen LogP) is 4.12. The summed E-state index contributed by atoms with van der Waals surface area (Å²) in [4.78, 5) is 14.7. The Morgan fingerprint density at radius 1 is 1.11 bits per heavy atom. The monoisotopic (exact) mass is 543 g/mol. The molecular weight excluding hydrogens is 516 g/mol. The van der Waals surface area contributed by atoms with E-state index in [2.05, 4.69) is 10.0 Å². The molecule has 0 aromatic heterocycles. The minimum Gasteiger partial charge on any atom is -0.490 e. The number of halogens is 3. The molecule has 0 spiro atoms. The van der Waals surface area contributed by atoms with Crippen molar-refractivity contribution in [1.29, 1.82) is 0 Å². The van der Waals surface area contributed by atoms with Crippen LogP contribution < -0.4 is 14.8 Å². The predicted molar refractivity (Wildman–Crippen MR) is 134 cm³/mol. The van der Waals surface area contributed by atoms with Crippen LogP contribution in [0, 0.1) is 12.7 Å². The highest BCUT2D eigenvalue weighted by molar-refractivity contribution is 7.90. The second kappa shape index (κ2) is 11.0. The summed E-state index contributed by atoms with van der Waals surface area (Å²) in [6.45, 7) is 3.91. The molecule has 4 rings (SSSR count). The number of carbonyl (C=O) groups excluding carboxylic acids is 1. The number of amides is 1. The second-order valence-corrected chi connectivity index (χ2v) is 11.5. The minimum absolute atomic E-state index is 0.0680. The van der Waals surface area contributed by atoms with Crippen LogP contribution in [0.25, 0.3) is 0 Å². The van der Waals surface area contributed by atoms with Crippen molar-refractivity contribution in [1.82, 2.24) is 14.9 Å². The lowest BCUT2D eigenvalue weighted by atomic mass is 9.99. The van der Waals surface area contributed by atoms with Crippen LogP contribution in [0.3, 0.4) is 0 Å². The first-order valence-corrected chi connectivity index (χ1v) is 13.8. The minimum atomic E-state index is -4.10. The average Bonchev–Trinajstić information content (AvgIpc) is 2.85. The maximum absolute atomic E-state index is 13.5. The van der Waals surface area contributed by atoms with Gasteiger partial charge in [0, 0.05) is 30.1 Å². The van der Waals surface area contributed by atoms with Gasteiger partial charge in [-0.2, -0.15) is 0 Å². The third-order valence-electron chi connectivity index (χ3n) is 6.60. The summed E-state index contributed by atoms with van der Waals surface area (Å²) < 4.78 is 48.6. The van der Waals surface area contributed by atoms with Gasteiger partial charge in [-0.25, -0.2) is 17.5 Å². The zero-order valence-corrected chi connectivity index (χ0v) is 21.6. The highest BCUT2D eigenvalue weighted by Gasteiger charge is 2.42. The Balaban J connectivity index is 1.56. The van der Waals surface area contributed by atoms with E-state index in [1.54, 1.807) is 19.1 Å². The molecule has 7 nitrogen and oxygen atoms in total. The number of likely N-dealkylation sites (tertiary alicyclic amines) is 1. The van der Waals surface area contributed by atoms with Gasteiger partial charge in [0.25, 0.3) is 15.9 Å². The van der Waals surface area contributed by atoms with Crippen LogP contribution in [-0.4, -0.2) is 56.4 Å². The van der Waals surface area contributed by atoms with E-state index in [0.29, 0.717) is 34.3 Å². The highest BCUT2D eigenvalue weighted by Crippen LogP contribution is 2.35. The van der Waals surface area contributed by atoms with Gasteiger partial charge in [0.05, 0.1) is 10.0 Å². The first kappa shape index (κ1) is 26.2. The molecule has 2 fully saturated rings. The van der Waals surface area contributed by atoms with Crippen LogP contribution in [0.5, 0.6) is 5.75 Å². The third kappa shape index (κ3) is 6.09. The van der Waals surface area contributed by atoms with Crippen molar-refractivity contribution in [3.05, 3.63) is 63.4 Å². The topological polar surface area (TPSA) is 87.7 Å². The van der Waals surface area contributed by atoms with E-state index in [4.69, 9.17) is 27.9 Å². The van der Waals surface area contributed by atoms with Gasteiger partial charge in [-0.1, -0.05) is 23.2 Å². The van der Waals surface area contributed by atoms with Crippen molar-refractivity contribution in [2.45, 2.75) is 50.1 Å². The molecule has 2 N–H and O–H groups in total. The lowest BCUT2D eigenvalue weighted by Crippen LogP contribution is -2.58. The van der Waals surface area contributed by atoms with E-state index in [0.717, 1.165) is 38.1 Å². The fourth-order valence-corrected chi connectivity index (χ4v) is 6.66. The van der Waals surface area contributed by atoms with Crippen LogP contribution in [0.1, 0.15) is 41.6 Å². The lowest BCUT2D eigenvalue weighted by molar-refractivity contribution is 0.0478. The smallest absolute Gasteiger partial charge is 0.264 e. The van der Waals surface area contributed by atoms with Gasteiger partial charge in [-0.05, 0) is 75.7 Å². The number of sulfonamides is 1. The first-order chi connectivity index (χ1) is 16.7. The van der Waals surface area contributed by atoms with Crippen LogP contribution in [-0.2, 0) is 10.0 Å². The molecule has 2 saturated heterocycles. The summed E-state index contributed by atoms with van der Waals surface area (Å²) >= 11 is 12.3. The van der Waals surface area contributed by atoms with E-state index >= 15 is 0 Å². The second-order valence-electron chi connectivity index (χ2n) is 8.91. The summed E-state index contributed by atoms with van der Waals surface area (Å²) in [6.07, 6.45) is 2.04. The van der Waals surface area contributed by atoms with Gasteiger partial charge in [0.2, 0.25) is 0 Å². The van der Waals surface area contributed by atoms with Crippen molar-refractivity contribution < 1.29 is 22.3 Å². The number of ether oxygens (including phenoxy) is 1. The Hall–Kier alpha value is -1.91. The fraction of sp³-hybridized carbons (Fsp3) is 0.458. The number of piperidine rings is 2. The molecule has 11 heteroatoms. The van der Waals surface area contributed by atoms with Crippen molar-refractivity contribution in [3.63, 3.8) is 0 Å². The molecule has 2 aromatic rings. The number of benzene rings is 2. The maximum atomic E-state index is 13.5.